The highest BCUT2D eigenvalue weighted by atomic mass is 79.9. The molecule has 0 aromatic heterocycles. The molecule has 0 nitrogen and oxygen atoms in total. The molecule has 0 aromatic carbocycles. The van der Waals surface area contributed by atoms with Crippen LogP contribution in [0.25, 0.3) is 0 Å². The summed E-state index contributed by atoms with van der Waals surface area (Å²) in [5.74, 6) is 0. The molecule has 1 aliphatic rings. The van der Waals surface area contributed by atoms with Gasteiger partial charge in [-0.25, -0.2) is 0 Å². The predicted octanol–water partition coefficient (Wildman–Crippen LogP) is 3.23. The molecule has 0 fully saturated rings. The zero-order valence-electron chi connectivity index (χ0n) is 4.99. The topological polar surface area (TPSA) is 0 Å². The molecule has 46 valence electrons. The standard InChI is InChI=1S/C7H11Br/c8-7-5-3-1-2-4-6-7/h5H,1-4,6H2. The normalized spacial score (nSPS) is 21.9. The lowest BCUT2D eigenvalue weighted by Crippen LogP contribution is -1.69. The molecule has 0 unspecified atom stereocenters. The molecule has 0 aromatic rings. The fraction of sp³-hybridized carbons (Fsp3) is 0.714. The summed E-state index contributed by atoms with van der Waals surface area (Å²) in [4.78, 5) is 0. The fourth-order valence-electron chi connectivity index (χ4n) is 0.976. The molecule has 1 aliphatic carbocycles. The first-order valence-electron chi connectivity index (χ1n) is 3.24. The quantitative estimate of drug-likeness (QED) is 0.530. The third-order valence-corrected chi connectivity index (χ3v) is 2.21. The number of halogens is 1. The molecule has 0 radical (unpaired) electrons. The highest BCUT2D eigenvalue weighted by Gasteiger charge is 1.96. The van der Waals surface area contributed by atoms with Crippen molar-refractivity contribution in [2.75, 3.05) is 0 Å². The third kappa shape index (κ3) is 1.99. The van der Waals surface area contributed by atoms with Gasteiger partial charge in [-0.3, -0.25) is 0 Å². The highest BCUT2D eigenvalue weighted by molar-refractivity contribution is 9.11. The van der Waals surface area contributed by atoms with Gasteiger partial charge < -0.3 is 0 Å². The molecule has 8 heavy (non-hydrogen) atoms. The van der Waals surface area contributed by atoms with E-state index >= 15 is 0 Å². The average molecular weight is 175 g/mol. The van der Waals surface area contributed by atoms with Crippen LogP contribution >= 0.6 is 15.9 Å². The van der Waals surface area contributed by atoms with Crippen LogP contribution in [-0.2, 0) is 0 Å². The second kappa shape index (κ2) is 3.29. The van der Waals surface area contributed by atoms with Crippen molar-refractivity contribution in [3.05, 3.63) is 10.6 Å². The smallest absolute Gasteiger partial charge is 0.00892 e. The van der Waals surface area contributed by atoms with Crippen LogP contribution < -0.4 is 0 Å². The van der Waals surface area contributed by atoms with E-state index in [1.165, 1.54) is 36.6 Å². The van der Waals surface area contributed by atoms with Crippen LogP contribution in [0.1, 0.15) is 32.1 Å². The van der Waals surface area contributed by atoms with Crippen molar-refractivity contribution in [2.45, 2.75) is 32.1 Å². The lowest BCUT2D eigenvalue weighted by molar-refractivity contribution is 0.717. The Balaban J connectivity index is 2.36. The molecule has 0 aliphatic heterocycles. The Bertz CT molecular complexity index is 94.6. The summed E-state index contributed by atoms with van der Waals surface area (Å²) in [6.07, 6.45) is 9.01. The third-order valence-electron chi connectivity index (χ3n) is 1.49. The van der Waals surface area contributed by atoms with Crippen LogP contribution in [-0.4, -0.2) is 0 Å². The molecular weight excluding hydrogens is 164 g/mol. The summed E-state index contributed by atoms with van der Waals surface area (Å²) in [5, 5.41) is 0. The summed E-state index contributed by atoms with van der Waals surface area (Å²) >= 11 is 3.50. The van der Waals surface area contributed by atoms with Crippen LogP contribution in [0, 0.1) is 0 Å². The molecule has 0 amide bonds. The molecular formula is C7H11Br. The van der Waals surface area contributed by atoms with Gasteiger partial charge in [0.1, 0.15) is 0 Å². The summed E-state index contributed by atoms with van der Waals surface area (Å²) in [7, 11) is 0. The van der Waals surface area contributed by atoms with E-state index in [-0.39, 0.29) is 0 Å². The monoisotopic (exact) mass is 174 g/mol. The fourth-order valence-corrected chi connectivity index (χ4v) is 1.49. The van der Waals surface area contributed by atoms with E-state index in [4.69, 9.17) is 0 Å². The van der Waals surface area contributed by atoms with Crippen LogP contribution in [0.15, 0.2) is 10.6 Å². The Kier molecular flexibility index (Phi) is 2.60. The molecule has 0 bridgehead atoms. The average Bonchev–Trinajstić information content (AvgIpc) is 1.94. The molecule has 0 heterocycles. The largest absolute Gasteiger partial charge is 0.0744 e. The van der Waals surface area contributed by atoms with Gasteiger partial charge in [-0.2, -0.15) is 0 Å². The van der Waals surface area contributed by atoms with Gasteiger partial charge in [0, 0.05) is 0 Å². The Hall–Kier alpha value is 0.220. The number of hydrogen-bond donors (Lipinski definition) is 0. The second-order valence-electron chi connectivity index (χ2n) is 2.25. The number of rotatable bonds is 0. The summed E-state index contributed by atoms with van der Waals surface area (Å²) in [6.45, 7) is 0. The predicted molar refractivity (Wildman–Crippen MR) is 40.1 cm³/mol. The van der Waals surface area contributed by atoms with Gasteiger partial charge in [0.2, 0.25) is 0 Å². The van der Waals surface area contributed by atoms with E-state index in [2.05, 4.69) is 22.0 Å². The van der Waals surface area contributed by atoms with Crippen LogP contribution in [0.5, 0.6) is 0 Å². The van der Waals surface area contributed by atoms with Gasteiger partial charge in [0.05, 0.1) is 0 Å². The maximum Gasteiger partial charge on any atom is -0.00892 e. The van der Waals surface area contributed by atoms with E-state index in [0.717, 1.165) is 0 Å². The lowest BCUT2D eigenvalue weighted by atomic mass is 10.2. The van der Waals surface area contributed by atoms with Gasteiger partial charge in [0.25, 0.3) is 0 Å². The maximum absolute atomic E-state index is 3.50. The second-order valence-corrected chi connectivity index (χ2v) is 3.27. The van der Waals surface area contributed by atoms with E-state index < -0.39 is 0 Å². The summed E-state index contributed by atoms with van der Waals surface area (Å²) in [5.41, 5.74) is 0. The van der Waals surface area contributed by atoms with Gasteiger partial charge in [0.15, 0.2) is 0 Å². The maximum atomic E-state index is 3.50. The van der Waals surface area contributed by atoms with Crippen molar-refractivity contribution in [3.8, 4) is 0 Å². The Labute approximate surface area is 59.1 Å². The summed E-state index contributed by atoms with van der Waals surface area (Å²) < 4.78 is 1.41. The SMILES string of the molecule is BrC1=CCCCCC1. The lowest BCUT2D eigenvalue weighted by Gasteiger charge is -1.89. The van der Waals surface area contributed by atoms with Crippen molar-refractivity contribution in [2.24, 2.45) is 0 Å². The van der Waals surface area contributed by atoms with Crippen LogP contribution in [0.3, 0.4) is 0 Å². The first kappa shape index (κ1) is 6.34. The Morgan fingerprint density at radius 3 is 3.00 bits per heavy atom. The van der Waals surface area contributed by atoms with Crippen molar-refractivity contribution in [1.29, 1.82) is 0 Å². The Morgan fingerprint density at radius 2 is 2.12 bits per heavy atom. The molecule has 1 rings (SSSR count). The molecule has 0 spiro atoms. The Morgan fingerprint density at radius 1 is 1.25 bits per heavy atom. The van der Waals surface area contributed by atoms with Gasteiger partial charge in [-0.05, 0) is 30.2 Å². The zero-order chi connectivity index (χ0) is 5.82. The minimum Gasteiger partial charge on any atom is -0.0744 e. The molecule has 0 N–H and O–H groups in total. The van der Waals surface area contributed by atoms with E-state index in [0.29, 0.717) is 0 Å². The minimum atomic E-state index is 1.26. The van der Waals surface area contributed by atoms with Crippen LogP contribution in [0.4, 0.5) is 0 Å². The van der Waals surface area contributed by atoms with E-state index in [9.17, 15) is 0 Å². The molecule has 0 atom stereocenters. The number of allylic oxidation sites excluding steroid dienone is 2. The number of hydrogen-bond acceptors (Lipinski definition) is 0. The minimum absolute atomic E-state index is 1.26. The van der Waals surface area contributed by atoms with Crippen molar-refractivity contribution in [1.82, 2.24) is 0 Å². The van der Waals surface area contributed by atoms with Crippen molar-refractivity contribution in [3.63, 3.8) is 0 Å². The van der Waals surface area contributed by atoms with Crippen molar-refractivity contribution >= 4 is 15.9 Å². The van der Waals surface area contributed by atoms with E-state index in [1.54, 1.807) is 0 Å². The van der Waals surface area contributed by atoms with Gasteiger partial charge in [-0.1, -0.05) is 28.4 Å². The van der Waals surface area contributed by atoms with E-state index in [1.807, 2.05) is 0 Å². The zero-order valence-corrected chi connectivity index (χ0v) is 6.58. The molecule has 0 saturated carbocycles. The van der Waals surface area contributed by atoms with Crippen molar-refractivity contribution < 1.29 is 0 Å². The van der Waals surface area contributed by atoms with Crippen LogP contribution in [0.2, 0.25) is 0 Å². The first-order valence-corrected chi connectivity index (χ1v) is 4.03. The first-order chi connectivity index (χ1) is 3.89. The molecule has 1 heteroatoms. The van der Waals surface area contributed by atoms with Gasteiger partial charge >= 0.3 is 0 Å². The molecule has 0 saturated heterocycles. The van der Waals surface area contributed by atoms with Gasteiger partial charge in [-0.15, -0.1) is 0 Å². The highest BCUT2D eigenvalue weighted by Crippen LogP contribution is 2.20. The summed E-state index contributed by atoms with van der Waals surface area (Å²) in [6, 6.07) is 0.